The molecule has 2 saturated carbocycles. The minimum atomic E-state index is -0.303. The number of aryl methyl sites for hydroxylation is 2. The second kappa shape index (κ2) is 4.78. The summed E-state index contributed by atoms with van der Waals surface area (Å²) in [5.41, 5.74) is 1.27. The van der Waals surface area contributed by atoms with E-state index in [0.717, 1.165) is 11.4 Å². The van der Waals surface area contributed by atoms with Gasteiger partial charge in [-0.2, -0.15) is 5.10 Å². The van der Waals surface area contributed by atoms with Gasteiger partial charge in [0.15, 0.2) is 10.8 Å². The molecule has 0 spiro atoms. The third-order valence-electron chi connectivity index (χ3n) is 4.48. The van der Waals surface area contributed by atoms with Crippen LogP contribution in [0.5, 0.6) is 11.8 Å². The molecule has 22 heavy (non-hydrogen) atoms. The molecule has 0 saturated heterocycles. The zero-order valence-corrected chi connectivity index (χ0v) is 13.0. The van der Waals surface area contributed by atoms with E-state index < -0.39 is 0 Å². The molecule has 2 aliphatic carbocycles. The number of ether oxygens (including phenoxy) is 1. The van der Waals surface area contributed by atoms with Crippen LogP contribution in [0, 0.1) is 25.7 Å². The molecule has 0 N–H and O–H groups in total. The van der Waals surface area contributed by atoms with Gasteiger partial charge in [-0.15, -0.1) is 0 Å². The normalized spacial score (nSPS) is 25.3. The Hall–Kier alpha value is -1.95. The van der Waals surface area contributed by atoms with Gasteiger partial charge in [0.05, 0.1) is 12.2 Å². The van der Waals surface area contributed by atoms with Crippen LogP contribution in [0.1, 0.15) is 30.3 Å². The van der Waals surface area contributed by atoms with Crippen LogP contribution in [0.4, 0.5) is 0 Å². The monoisotopic (exact) mass is 318 g/mol. The largest absolute Gasteiger partial charge is 0.421 e. The van der Waals surface area contributed by atoms with Crippen LogP contribution in [0.15, 0.2) is 17.1 Å². The van der Waals surface area contributed by atoms with E-state index in [0.29, 0.717) is 11.8 Å². The fourth-order valence-electron chi connectivity index (χ4n) is 3.23. The Morgan fingerprint density at radius 3 is 2.45 bits per heavy atom. The smallest absolute Gasteiger partial charge is 0.322 e. The third-order valence-corrected chi connectivity index (χ3v) is 4.82. The summed E-state index contributed by atoms with van der Waals surface area (Å²) < 4.78 is 7.05. The molecule has 2 heterocycles. The lowest BCUT2D eigenvalue weighted by atomic mass is 10.0. The molecule has 2 aromatic heterocycles. The molecule has 2 aliphatic rings. The lowest BCUT2D eigenvalue weighted by Crippen LogP contribution is -2.23. The van der Waals surface area contributed by atoms with Crippen LogP contribution in [0.2, 0.25) is 5.02 Å². The van der Waals surface area contributed by atoms with Crippen molar-refractivity contribution in [3.63, 3.8) is 0 Å². The first-order valence-corrected chi connectivity index (χ1v) is 7.70. The molecule has 0 bridgehead atoms. The van der Waals surface area contributed by atoms with Gasteiger partial charge in [0.2, 0.25) is 0 Å². The standard InChI is InChI=1S/C15H15ClN4O2/c1-7-5-8(2)19-15(18-7)22-11-6-17-20(14(21)12(11)16)13-9-3-4-10(9)13/h5-6,9-10,13H,3-4H2,1-2H3. The lowest BCUT2D eigenvalue weighted by molar-refractivity contribution is 0.428. The molecule has 0 aliphatic heterocycles. The number of aromatic nitrogens is 4. The lowest BCUT2D eigenvalue weighted by Gasteiger charge is -2.08. The molecule has 2 atom stereocenters. The van der Waals surface area contributed by atoms with Crippen LogP contribution in [0.25, 0.3) is 0 Å². The third kappa shape index (κ3) is 2.09. The summed E-state index contributed by atoms with van der Waals surface area (Å²) >= 11 is 6.16. The minimum absolute atomic E-state index is 0.0315. The maximum Gasteiger partial charge on any atom is 0.322 e. The van der Waals surface area contributed by atoms with Crippen LogP contribution in [-0.2, 0) is 0 Å². The maximum absolute atomic E-state index is 12.4. The molecule has 114 valence electrons. The van der Waals surface area contributed by atoms with E-state index in [1.165, 1.54) is 23.7 Å². The highest BCUT2D eigenvalue weighted by Crippen LogP contribution is 2.63. The number of rotatable bonds is 3. The van der Waals surface area contributed by atoms with Crippen LogP contribution < -0.4 is 10.3 Å². The summed E-state index contributed by atoms with van der Waals surface area (Å²) in [7, 11) is 0. The van der Waals surface area contributed by atoms with Crippen LogP contribution in [0.3, 0.4) is 0 Å². The zero-order valence-electron chi connectivity index (χ0n) is 12.3. The molecular formula is C15H15ClN4O2. The predicted octanol–water partition coefficient (Wildman–Crippen LogP) is 2.68. The van der Waals surface area contributed by atoms with Gasteiger partial charge in [0, 0.05) is 11.4 Å². The van der Waals surface area contributed by atoms with Crippen molar-refractivity contribution in [2.24, 2.45) is 11.8 Å². The molecule has 7 heteroatoms. The van der Waals surface area contributed by atoms with Gasteiger partial charge in [-0.05, 0) is 44.6 Å². The summed E-state index contributed by atoms with van der Waals surface area (Å²) in [6, 6.07) is 2.23. The van der Waals surface area contributed by atoms with E-state index in [9.17, 15) is 4.79 Å². The summed E-state index contributed by atoms with van der Waals surface area (Å²) in [5.74, 6) is 1.41. The second-order valence-electron chi connectivity index (χ2n) is 6.00. The van der Waals surface area contributed by atoms with Gasteiger partial charge < -0.3 is 4.74 Å². The van der Waals surface area contributed by atoms with E-state index in [4.69, 9.17) is 16.3 Å². The fourth-order valence-corrected chi connectivity index (χ4v) is 3.41. The molecule has 2 fully saturated rings. The number of hydrogen-bond donors (Lipinski definition) is 0. The van der Waals surface area contributed by atoms with Crippen molar-refractivity contribution >= 4 is 11.6 Å². The van der Waals surface area contributed by atoms with E-state index in [2.05, 4.69) is 15.1 Å². The first-order valence-electron chi connectivity index (χ1n) is 7.32. The van der Waals surface area contributed by atoms with Gasteiger partial charge in [0.25, 0.3) is 5.56 Å². The number of nitrogens with zero attached hydrogens (tertiary/aromatic N) is 4. The highest BCUT2D eigenvalue weighted by Gasteiger charge is 2.58. The molecular weight excluding hydrogens is 304 g/mol. The van der Waals surface area contributed by atoms with Crippen LogP contribution in [-0.4, -0.2) is 19.7 Å². The summed E-state index contributed by atoms with van der Waals surface area (Å²) in [4.78, 5) is 20.7. The Labute approximate surface area is 132 Å². The number of halogens is 1. The second-order valence-corrected chi connectivity index (χ2v) is 6.38. The molecule has 2 aromatic rings. The molecule has 0 aromatic carbocycles. The highest BCUT2D eigenvalue weighted by molar-refractivity contribution is 6.31. The van der Waals surface area contributed by atoms with Crippen molar-refractivity contribution in [2.45, 2.75) is 32.7 Å². The maximum atomic E-state index is 12.4. The van der Waals surface area contributed by atoms with Crippen molar-refractivity contribution < 1.29 is 4.74 Å². The number of hydrogen-bond acceptors (Lipinski definition) is 5. The fraction of sp³-hybridized carbons (Fsp3) is 0.467. The van der Waals surface area contributed by atoms with E-state index >= 15 is 0 Å². The zero-order chi connectivity index (χ0) is 15.4. The van der Waals surface area contributed by atoms with E-state index in [1.807, 2.05) is 19.9 Å². The Kier molecular flexibility index (Phi) is 2.97. The Balaban J connectivity index is 1.65. The first-order chi connectivity index (χ1) is 10.5. The molecule has 6 nitrogen and oxygen atoms in total. The molecule has 0 amide bonds. The Morgan fingerprint density at radius 1 is 1.23 bits per heavy atom. The van der Waals surface area contributed by atoms with E-state index in [1.54, 1.807) is 0 Å². The van der Waals surface area contributed by atoms with Gasteiger partial charge in [-0.3, -0.25) is 4.79 Å². The predicted molar refractivity (Wildman–Crippen MR) is 80.3 cm³/mol. The number of fused-ring (bicyclic) bond motifs is 1. The quantitative estimate of drug-likeness (QED) is 0.870. The average Bonchev–Trinajstić information content (AvgIpc) is 2.94. The highest BCUT2D eigenvalue weighted by atomic mass is 35.5. The van der Waals surface area contributed by atoms with Crippen molar-refractivity contribution in [1.82, 2.24) is 19.7 Å². The molecule has 2 unspecified atom stereocenters. The van der Waals surface area contributed by atoms with Gasteiger partial charge >= 0.3 is 6.01 Å². The summed E-state index contributed by atoms with van der Waals surface area (Å²) in [6.07, 6.45) is 3.83. The van der Waals surface area contributed by atoms with Crippen molar-refractivity contribution in [3.8, 4) is 11.8 Å². The van der Waals surface area contributed by atoms with Gasteiger partial charge in [-0.1, -0.05) is 11.6 Å². The first kappa shape index (κ1) is 13.7. The topological polar surface area (TPSA) is 69.9 Å². The van der Waals surface area contributed by atoms with Gasteiger partial charge in [0.1, 0.15) is 0 Å². The minimum Gasteiger partial charge on any atom is -0.421 e. The summed E-state index contributed by atoms with van der Waals surface area (Å²) in [6.45, 7) is 3.70. The van der Waals surface area contributed by atoms with Crippen LogP contribution >= 0.6 is 11.6 Å². The van der Waals surface area contributed by atoms with Crippen molar-refractivity contribution in [2.75, 3.05) is 0 Å². The summed E-state index contributed by atoms with van der Waals surface area (Å²) in [5, 5.41) is 4.25. The molecule has 0 radical (unpaired) electrons. The van der Waals surface area contributed by atoms with Gasteiger partial charge in [-0.25, -0.2) is 14.6 Å². The van der Waals surface area contributed by atoms with E-state index in [-0.39, 0.29) is 28.4 Å². The molecule has 4 rings (SSSR count). The van der Waals surface area contributed by atoms with Crippen molar-refractivity contribution in [1.29, 1.82) is 0 Å². The Morgan fingerprint density at radius 2 is 1.86 bits per heavy atom. The SMILES string of the molecule is Cc1cc(C)nc(Oc2cnn(C3C4CCC43)c(=O)c2Cl)n1. The average molecular weight is 319 g/mol. The van der Waals surface area contributed by atoms with Crippen molar-refractivity contribution in [3.05, 3.63) is 39.0 Å². The Bertz CT molecular complexity index is 789.